The lowest BCUT2D eigenvalue weighted by molar-refractivity contribution is -0.139. The molecule has 0 heterocycles. The van der Waals surface area contributed by atoms with E-state index in [2.05, 4.69) is 20.4 Å². The summed E-state index contributed by atoms with van der Waals surface area (Å²) in [6.07, 6.45) is 4.95. The summed E-state index contributed by atoms with van der Waals surface area (Å²) in [5, 5.41) is 9.53. The van der Waals surface area contributed by atoms with E-state index in [9.17, 15) is 14.5 Å². The van der Waals surface area contributed by atoms with Crippen LogP contribution in [-0.4, -0.2) is 42.3 Å². The van der Waals surface area contributed by atoms with Crippen LogP contribution < -0.4 is 0 Å². The summed E-state index contributed by atoms with van der Waals surface area (Å²) in [5.41, 5.74) is -0.123. The standard InChI is InChI=1S/C15H29O4P/c1-5-7-9-20(18,10-8-6-2)14(11-16)12-19-15(17)13(3)4/h14,16H,3,5-12H2,1-2,4H3. The number of esters is 1. The largest absolute Gasteiger partial charge is 0.461 e. The van der Waals surface area contributed by atoms with Gasteiger partial charge in [0.25, 0.3) is 0 Å². The number of ether oxygens (including phenoxy) is 1. The molecule has 0 saturated heterocycles. The third kappa shape index (κ3) is 6.71. The van der Waals surface area contributed by atoms with E-state index in [1.165, 1.54) is 0 Å². The van der Waals surface area contributed by atoms with Gasteiger partial charge in [-0.3, -0.25) is 0 Å². The Hall–Kier alpha value is -0.600. The molecule has 0 fully saturated rings. The molecular formula is C15H29O4P. The highest BCUT2D eigenvalue weighted by molar-refractivity contribution is 7.64. The Morgan fingerprint density at radius 3 is 2.10 bits per heavy atom. The normalized spacial score (nSPS) is 13.0. The zero-order valence-electron chi connectivity index (χ0n) is 13.1. The predicted molar refractivity (Wildman–Crippen MR) is 83.8 cm³/mol. The van der Waals surface area contributed by atoms with Crippen LogP contribution >= 0.6 is 7.14 Å². The van der Waals surface area contributed by atoms with Crippen LogP contribution in [0.2, 0.25) is 0 Å². The minimum absolute atomic E-state index is 0.0207. The number of hydrogen-bond acceptors (Lipinski definition) is 4. The van der Waals surface area contributed by atoms with Crippen LogP contribution in [0, 0.1) is 0 Å². The molecule has 0 amide bonds. The number of aliphatic hydroxyl groups excluding tert-OH is 1. The average molecular weight is 304 g/mol. The fourth-order valence-corrected chi connectivity index (χ4v) is 5.26. The van der Waals surface area contributed by atoms with Crippen molar-refractivity contribution in [3.8, 4) is 0 Å². The van der Waals surface area contributed by atoms with Crippen LogP contribution in [0.15, 0.2) is 12.2 Å². The second-order valence-electron chi connectivity index (χ2n) is 5.32. The third-order valence-corrected chi connectivity index (χ3v) is 7.20. The molecule has 0 radical (unpaired) electrons. The first-order valence-corrected chi connectivity index (χ1v) is 9.57. The molecule has 5 heteroatoms. The van der Waals surface area contributed by atoms with Crippen LogP contribution in [0.1, 0.15) is 46.5 Å². The SMILES string of the molecule is C=C(C)C(=O)OCC(CO)P(=O)(CCCC)CCCC. The number of aliphatic hydroxyl groups is 1. The first kappa shape index (κ1) is 19.4. The van der Waals surface area contributed by atoms with Crippen molar-refractivity contribution in [3.05, 3.63) is 12.2 Å². The molecule has 1 unspecified atom stereocenters. The topological polar surface area (TPSA) is 63.6 Å². The second-order valence-corrected chi connectivity index (χ2v) is 8.85. The summed E-state index contributed by atoms with van der Waals surface area (Å²) in [4.78, 5) is 11.4. The Morgan fingerprint density at radius 2 is 1.75 bits per heavy atom. The van der Waals surface area contributed by atoms with E-state index in [-0.39, 0.29) is 13.2 Å². The van der Waals surface area contributed by atoms with Crippen molar-refractivity contribution >= 4 is 13.1 Å². The van der Waals surface area contributed by atoms with E-state index in [1.807, 2.05) is 0 Å². The minimum atomic E-state index is -2.51. The molecule has 0 aromatic rings. The average Bonchev–Trinajstić information content (AvgIpc) is 2.43. The summed E-state index contributed by atoms with van der Waals surface area (Å²) < 4.78 is 18.2. The van der Waals surface area contributed by atoms with Crippen LogP contribution in [-0.2, 0) is 14.1 Å². The summed E-state index contributed by atoms with van der Waals surface area (Å²) in [6, 6.07) is 0. The number of carbonyl (C=O) groups excluding carboxylic acids is 1. The van der Waals surface area contributed by atoms with Gasteiger partial charge in [0.1, 0.15) is 6.61 Å². The van der Waals surface area contributed by atoms with Gasteiger partial charge in [0, 0.05) is 17.9 Å². The molecular weight excluding hydrogens is 275 g/mol. The van der Waals surface area contributed by atoms with Gasteiger partial charge in [0.2, 0.25) is 0 Å². The van der Waals surface area contributed by atoms with Crippen LogP contribution in [0.25, 0.3) is 0 Å². The fraction of sp³-hybridized carbons (Fsp3) is 0.800. The highest BCUT2D eigenvalue weighted by Crippen LogP contribution is 2.52. The predicted octanol–water partition coefficient (Wildman–Crippen LogP) is 3.43. The molecule has 0 bridgehead atoms. The Morgan fingerprint density at radius 1 is 1.25 bits per heavy atom. The number of rotatable bonds is 11. The molecule has 0 aliphatic rings. The van der Waals surface area contributed by atoms with Crippen molar-refractivity contribution in [2.24, 2.45) is 0 Å². The minimum Gasteiger partial charge on any atom is -0.461 e. The molecule has 0 aromatic carbocycles. The molecule has 0 spiro atoms. The third-order valence-electron chi connectivity index (χ3n) is 3.41. The molecule has 0 aliphatic carbocycles. The van der Waals surface area contributed by atoms with E-state index >= 15 is 0 Å². The van der Waals surface area contributed by atoms with Gasteiger partial charge >= 0.3 is 5.97 Å². The van der Waals surface area contributed by atoms with Crippen molar-refractivity contribution in [2.75, 3.05) is 25.5 Å². The van der Waals surface area contributed by atoms with Crippen molar-refractivity contribution < 1.29 is 19.2 Å². The van der Waals surface area contributed by atoms with Crippen LogP contribution in [0.5, 0.6) is 0 Å². The van der Waals surface area contributed by atoms with Gasteiger partial charge in [-0.25, -0.2) is 4.79 Å². The van der Waals surface area contributed by atoms with E-state index < -0.39 is 18.8 Å². The molecule has 1 atom stereocenters. The maximum Gasteiger partial charge on any atom is 0.333 e. The maximum atomic E-state index is 13.1. The number of carbonyl (C=O) groups is 1. The molecule has 1 N–H and O–H groups in total. The molecule has 0 aliphatic heterocycles. The summed E-state index contributed by atoms with van der Waals surface area (Å²) in [7, 11) is -2.51. The Bertz CT molecular complexity index is 340. The van der Waals surface area contributed by atoms with Crippen LogP contribution in [0.3, 0.4) is 0 Å². The second kappa shape index (κ2) is 10.2. The lowest BCUT2D eigenvalue weighted by Crippen LogP contribution is -2.25. The van der Waals surface area contributed by atoms with E-state index in [0.717, 1.165) is 25.7 Å². The lowest BCUT2D eigenvalue weighted by Gasteiger charge is -2.26. The highest BCUT2D eigenvalue weighted by atomic mass is 31.2. The highest BCUT2D eigenvalue weighted by Gasteiger charge is 2.32. The lowest BCUT2D eigenvalue weighted by atomic mass is 10.3. The van der Waals surface area contributed by atoms with Gasteiger partial charge in [-0.15, -0.1) is 0 Å². The van der Waals surface area contributed by atoms with E-state index in [0.29, 0.717) is 17.9 Å². The quantitative estimate of drug-likeness (QED) is 0.361. The molecule has 0 aromatic heterocycles. The molecule has 4 nitrogen and oxygen atoms in total. The van der Waals surface area contributed by atoms with Crippen LogP contribution in [0.4, 0.5) is 0 Å². The zero-order valence-corrected chi connectivity index (χ0v) is 14.0. The van der Waals surface area contributed by atoms with E-state index in [4.69, 9.17) is 4.74 Å². The molecule has 0 rings (SSSR count). The van der Waals surface area contributed by atoms with Gasteiger partial charge in [0.05, 0.1) is 19.4 Å². The van der Waals surface area contributed by atoms with Gasteiger partial charge in [-0.05, 0) is 19.8 Å². The molecule has 0 saturated carbocycles. The van der Waals surface area contributed by atoms with Gasteiger partial charge in [-0.2, -0.15) is 0 Å². The summed E-state index contributed by atoms with van der Waals surface area (Å²) in [6.45, 7) is 9.02. The number of unbranched alkanes of at least 4 members (excludes halogenated alkanes) is 2. The first-order valence-electron chi connectivity index (χ1n) is 7.42. The summed E-state index contributed by atoms with van der Waals surface area (Å²) >= 11 is 0. The smallest absolute Gasteiger partial charge is 0.333 e. The Kier molecular flexibility index (Phi) is 9.87. The zero-order chi connectivity index (χ0) is 15.6. The number of hydrogen-bond donors (Lipinski definition) is 1. The van der Waals surface area contributed by atoms with Gasteiger partial charge < -0.3 is 14.4 Å². The Labute approximate surface area is 123 Å². The summed E-state index contributed by atoms with van der Waals surface area (Å²) in [5.74, 6) is -0.485. The monoisotopic (exact) mass is 304 g/mol. The fourth-order valence-electron chi connectivity index (χ4n) is 1.96. The van der Waals surface area contributed by atoms with Crippen molar-refractivity contribution in [3.63, 3.8) is 0 Å². The van der Waals surface area contributed by atoms with E-state index in [1.54, 1.807) is 6.92 Å². The first-order chi connectivity index (χ1) is 9.41. The van der Waals surface area contributed by atoms with Gasteiger partial charge in [0.15, 0.2) is 0 Å². The molecule has 118 valence electrons. The van der Waals surface area contributed by atoms with Crippen molar-refractivity contribution in [2.45, 2.75) is 52.1 Å². The maximum absolute atomic E-state index is 13.1. The Balaban J connectivity index is 4.75. The molecule has 20 heavy (non-hydrogen) atoms. The van der Waals surface area contributed by atoms with Crippen molar-refractivity contribution in [1.29, 1.82) is 0 Å². The van der Waals surface area contributed by atoms with Gasteiger partial charge in [-0.1, -0.05) is 33.3 Å². The van der Waals surface area contributed by atoms with Crippen molar-refractivity contribution in [1.82, 2.24) is 0 Å².